The summed E-state index contributed by atoms with van der Waals surface area (Å²) in [5.74, 6) is 0.162. The van der Waals surface area contributed by atoms with Gasteiger partial charge in [-0.15, -0.1) is 0 Å². The van der Waals surface area contributed by atoms with Crippen LogP contribution in [-0.2, 0) is 20.8 Å². The number of likely N-dealkylation sites (tertiary alicyclic amines) is 2. The van der Waals surface area contributed by atoms with E-state index in [1.165, 1.54) is 0 Å². The fourth-order valence-electron chi connectivity index (χ4n) is 5.29. The van der Waals surface area contributed by atoms with Crippen molar-refractivity contribution in [3.63, 3.8) is 0 Å². The number of nitrogens with zero attached hydrogens (tertiary/aromatic N) is 5. The predicted molar refractivity (Wildman–Crippen MR) is 167 cm³/mol. The van der Waals surface area contributed by atoms with Crippen molar-refractivity contribution in [2.24, 2.45) is 0 Å². The van der Waals surface area contributed by atoms with Crippen LogP contribution in [0.25, 0.3) is 5.69 Å². The number of amides is 2. The standard InChI is InChI=1S/C16H19N3O2.C13H16BrNO2.C3H4N2/c1-13(20)18-9-6-16(21,7-10-18)14-2-4-15(5-3-14)19-11-8-17-12-19;1-10(16)15-8-6-13(17,7-9-15)11-2-4-12(14)5-3-11;1-2-5-3-4-1/h2-5,8,11-12,21H,6-7,9-10H2,1H3;2-5,17H,6-9H2,1H3;1-3H,(H,4,5). The monoisotopic (exact) mass is 650 g/mol. The summed E-state index contributed by atoms with van der Waals surface area (Å²) >= 11 is 3.38. The number of halogens is 1. The highest BCUT2D eigenvalue weighted by atomic mass is 79.9. The zero-order valence-electron chi connectivity index (χ0n) is 24.6. The first-order valence-corrected chi connectivity index (χ1v) is 15.1. The lowest BCUT2D eigenvalue weighted by molar-refractivity contribution is -0.134. The Labute approximate surface area is 260 Å². The Bertz CT molecular complexity index is 1390. The lowest BCUT2D eigenvalue weighted by Crippen LogP contribution is -2.44. The summed E-state index contributed by atoms with van der Waals surface area (Å²) in [4.78, 5) is 36.6. The van der Waals surface area contributed by atoms with Gasteiger partial charge < -0.3 is 29.6 Å². The van der Waals surface area contributed by atoms with E-state index in [1.54, 1.807) is 54.9 Å². The molecule has 4 heterocycles. The van der Waals surface area contributed by atoms with Gasteiger partial charge in [0.05, 0.1) is 23.9 Å². The molecule has 228 valence electrons. The van der Waals surface area contributed by atoms with E-state index in [2.05, 4.69) is 30.9 Å². The second kappa shape index (κ2) is 14.6. The molecule has 2 fully saturated rings. The fourth-order valence-corrected chi connectivity index (χ4v) is 5.56. The van der Waals surface area contributed by atoms with Crippen LogP contribution in [0.3, 0.4) is 0 Å². The molecule has 0 saturated carbocycles. The Kier molecular flexibility index (Phi) is 10.9. The minimum atomic E-state index is -0.834. The molecule has 43 heavy (non-hydrogen) atoms. The third-order valence-corrected chi connectivity index (χ3v) is 8.60. The number of hydrogen-bond donors (Lipinski definition) is 3. The van der Waals surface area contributed by atoms with E-state index in [0.29, 0.717) is 51.9 Å². The van der Waals surface area contributed by atoms with Crippen LogP contribution in [0.5, 0.6) is 0 Å². The molecule has 2 aliphatic rings. The van der Waals surface area contributed by atoms with Crippen LogP contribution < -0.4 is 0 Å². The lowest BCUT2D eigenvalue weighted by Gasteiger charge is -2.38. The van der Waals surface area contributed by atoms with Gasteiger partial charge in [-0.3, -0.25) is 9.59 Å². The highest BCUT2D eigenvalue weighted by Crippen LogP contribution is 2.34. The van der Waals surface area contributed by atoms with Gasteiger partial charge in [0.15, 0.2) is 0 Å². The summed E-state index contributed by atoms with van der Waals surface area (Å²) in [6.45, 7) is 5.61. The van der Waals surface area contributed by atoms with E-state index in [1.807, 2.05) is 59.3 Å². The number of rotatable bonds is 3. The average molecular weight is 652 g/mol. The summed E-state index contributed by atoms with van der Waals surface area (Å²) in [6, 6.07) is 15.6. The number of aliphatic hydroxyl groups is 2. The van der Waals surface area contributed by atoms with E-state index in [0.717, 1.165) is 21.3 Å². The molecular weight excluding hydrogens is 612 g/mol. The first-order valence-electron chi connectivity index (χ1n) is 14.3. The zero-order valence-corrected chi connectivity index (χ0v) is 26.2. The minimum Gasteiger partial charge on any atom is -0.385 e. The molecule has 6 rings (SSSR count). The maximum atomic E-state index is 11.4. The highest BCUT2D eigenvalue weighted by Gasteiger charge is 2.35. The number of carbonyl (C=O) groups is 2. The third kappa shape index (κ3) is 8.62. The molecule has 0 spiro atoms. The number of aromatic amines is 1. The molecule has 2 amide bonds. The van der Waals surface area contributed by atoms with Crippen LogP contribution in [0.1, 0.15) is 50.7 Å². The van der Waals surface area contributed by atoms with Crippen molar-refractivity contribution in [1.82, 2.24) is 29.3 Å². The Hall–Kier alpha value is -3.80. The van der Waals surface area contributed by atoms with Crippen LogP contribution in [0, 0.1) is 0 Å². The molecule has 0 aliphatic carbocycles. The van der Waals surface area contributed by atoms with Crippen molar-refractivity contribution < 1.29 is 19.8 Å². The SMILES string of the molecule is CC(=O)N1CCC(O)(c2ccc(-n3ccnc3)cc2)CC1.CC(=O)N1CCC(O)(c2ccc(Br)cc2)CC1.c1c[nH]cn1. The predicted octanol–water partition coefficient (Wildman–Crippen LogP) is 4.39. The number of piperidine rings is 2. The number of H-pyrrole nitrogens is 1. The van der Waals surface area contributed by atoms with Crippen LogP contribution in [0.2, 0.25) is 0 Å². The number of benzene rings is 2. The Balaban J connectivity index is 0.000000172. The normalized spacial score (nSPS) is 17.1. The molecule has 3 N–H and O–H groups in total. The van der Waals surface area contributed by atoms with Gasteiger partial charge >= 0.3 is 0 Å². The summed E-state index contributed by atoms with van der Waals surface area (Å²) < 4.78 is 2.93. The Morgan fingerprint density at radius 2 is 1.26 bits per heavy atom. The molecule has 0 bridgehead atoms. The van der Waals surface area contributed by atoms with Crippen molar-refractivity contribution in [1.29, 1.82) is 0 Å². The van der Waals surface area contributed by atoms with Gasteiger partial charge in [-0.05, 0) is 61.1 Å². The van der Waals surface area contributed by atoms with Crippen molar-refractivity contribution >= 4 is 27.7 Å². The molecular formula is C32H39BrN6O4. The number of imidazole rings is 2. The van der Waals surface area contributed by atoms with E-state index < -0.39 is 11.2 Å². The van der Waals surface area contributed by atoms with Gasteiger partial charge in [0.2, 0.25) is 11.8 Å². The van der Waals surface area contributed by atoms with Crippen LogP contribution in [0.15, 0.2) is 90.4 Å². The smallest absolute Gasteiger partial charge is 0.219 e. The summed E-state index contributed by atoms with van der Waals surface area (Å²) in [5, 5.41) is 21.4. The van der Waals surface area contributed by atoms with Gasteiger partial charge in [0.25, 0.3) is 0 Å². The van der Waals surface area contributed by atoms with E-state index in [4.69, 9.17) is 0 Å². The zero-order chi connectivity index (χ0) is 30.9. The molecule has 2 saturated heterocycles. The quantitative estimate of drug-likeness (QED) is 0.302. The molecule has 0 radical (unpaired) electrons. The second-order valence-electron chi connectivity index (χ2n) is 10.9. The van der Waals surface area contributed by atoms with E-state index >= 15 is 0 Å². The molecule has 2 aromatic heterocycles. The van der Waals surface area contributed by atoms with Gasteiger partial charge in [-0.1, -0.05) is 40.2 Å². The Morgan fingerprint density at radius 1 is 0.767 bits per heavy atom. The fraction of sp³-hybridized carbons (Fsp3) is 0.375. The molecule has 10 nitrogen and oxygen atoms in total. The van der Waals surface area contributed by atoms with Crippen molar-refractivity contribution in [3.8, 4) is 5.69 Å². The number of nitrogens with one attached hydrogen (secondary N) is 1. The van der Waals surface area contributed by atoms with E-state index in [-0.39, 0.29) is 11.8 Å². The topological polar surface area (TPSA) is 128 Å². The molecule has 0 atom stereocenters. The molecule has 2 aromatic carbocycles. The molecule has 4 aromatic rings. The van der Waals surface area contributed by atoms with Gasteiger partial charge in [-0.25, -0.2) is 9.97 Å². The van der Waals surface area contributed by atoms with Crippen molar-refractivity contribution in [2.75, 3.05) is 26.2 Å². The van der Waals surface area contributed by atoms with Crippen LogP contribution in [-0.4, -0.2) is 77.5 Å². The highest BCUT2D eigenvalue weighted by molar-refractivity contribution is 9.10. The average Bonchev–Trinajstić information content (AvgIpc) is 3.77. The lowest BCUT2D eigenvalue weighted by atomic mass is 9.84. The van der Waals surface area contributed by atoms with Gasteiger partial charge in [-0.2, -0.15) is 0 Å². The second-order valence-corrected chi connectivity index (χ2v) is 11.8. The van der Waals surface area contributed by atoms with Crippen molar-refractivity contribution in [3.05, 3.63) is 102 Å². The molecule has 11 heteroatoms. The summed E-state index contributed by atoms with van der Waals surface area (Å²) in [6.07, 6.45) is 12.8. The van der Waals surface area contributed by atoms with E-state index in [9.17, 15) is 19.8 Å². The number of carbonyl (C=O) groups excluding carboxylic acids is 2. The van der Waals surface area contributed by atoms with Gasteiger partial charge in [0, 0.05) is 75.0 Å². The maximum absolute atomic E-state index is 11.4. The van der Waals surface area contributed by atoms with Crippen molar-refractivity contribution in [2.45, 2.75) is 50.7 Å². The number of aromatic nitrogens is 4. The Morgan fingerprint density at radius 3 is 1.60 bits per heavy atom. The maximum Gasteiger partial charge on any atom is 0.219 e. The first kappa shape index (κ1) is 32.1. The van der Waals surface area contributed by atoms with Gasteiger partial charge in [0.1, 0.15) is 0 Å². The minimum absolute atomic E-state index is 0.0764. The summed E-state index contributed by atoms with van der Waals surface area (Å²) in [5.41, 5.74) is 1.24. The summed E-state index contributed by atoms with van der Waals surface area (Å²) in [7, 11) is 0. The van der Waals surface area contributed by atoms with Crippen LogP contribution >= 0.6 is 15.9 Å². The molecule has 2 aliphatic heterocycles. The largest absolute Gasteiger partial charge is 0.385 e. The number of hydrogen-bond acceptors (Lipinski definition) is 6. The first-order chi connectivity index (χ1) is 20.6. The molecule has 0 unspecified atom stereocenters. The third-order valence-electron chi connectivity index (χ3n) is 8.07. The van der Waals surface area contributed by atoms with Crippen LogP contribution in [0.4, 0.5) is 0 Å².